The average molecular weight is 259 g/mol. The maximum atomic E-state index is 9.18. The van der Waals surface area contributed by atoms with E-state index in [1.165, 1.54) is 36.6 Å². The third kappa shape index (κ3) is 3.38. The Balaban J connectivity index is 2.16. The van der Waals surface area contributed by atoms with Crippen molar-refractivity contribution >= 4 is 10.9 Å². The molecule has 0 saturated carbocycles. The van der Waals surface area contributed by atoms with Gasteiger partial charge in [-0.2, -0.15) is 0 Å². The van der Waals surface area contributed by atoms with Crippen molar-refractivity contribution in [1.82, 2.24) is 4.57 Å². The van der Waals surface area contributed by atoms with Gasteiger partial charge in [-0.25, -0.2) is 0 Å². The molecule has 1 N–H and O–H groups in total. The fraction of sp³-hybridized carbons (Fsp3) is 0.529. The van der Waals surface area contributed by atoms with E-state index < -0.39 is 0 Å². The summed E-state index contributed by atoms with van der Waals surface area (Å²) in [7, 11) is 0. The summed E-state index contributed by atoms with van der Waals surface area (Å²) in [4.78, 5) is 0. The van der Waals surface area contributed by atoms with Crippen molar-refractivity contribution in [3.63, 3.8) is 0 Å². The van der Waals surface area contributed by atoms with Gasteiger partial charge in [-0.05, 0) is 41.5 Å². The number of hydrogen-bond acceptors (Lipinski definition) is 1. The van der Waals surface area contributed by atoms with Gasteiger partial charge in [-0.1, -0.05) is 39.2 Å². The molecule has 0 saturated heterocycles. The molecule has 1 heterocycles. The van der Waals surface area contributed by atoms with Crippen LogP contribution in [0.1, 0.15) is 45.1 Å². The molecule has 1 aromatic carbocycles. The van der Waals surface area contributed by atoms with Gasteiger partial charge in [0.2, 0.25) is 0 Å². The van der Waals surface area contributed by atoms with Gasteiger partial charge in [0.1, 0.15) is 0 Å². The Morgan fingerprint density at radius 3 is 2.74 bits per heavy atom. The van der Waals surface area contributed by atoms with Crippen LogP contribution in [-0.2, 0) is 13.2 Å². The molecule has 104 valence electrons. The Morgan fingerprint density at radius 2 is 2.05 bits per heavy atom. The minimum absolute atomic E-state index is 0.120. The largest absolute Gasteiger partial charge is 0.392 e. The van der Waals surface area contributed by atoms with E-state index in [1.54, 1.807) is 0 Å². The molecular weight excluding hydrogens is 234 g/mol. The summed E-state index contributed by atoms with van der Waals surface area (Å²) in [5.41, 5.74) is 2.27. The molecule has 0 spiro atoms. The maximum absolute atomic E-state index is 9.18. The molecular formula is C17H25NO. The molecule has 0 aliphatic rings. The van der Waals surface area contributed by atoms with Gasteiger partial charge in [-0.3, -0.25) is 0 Å². The summed E-state index contributed by atoms with van der Waals surface area (Å²) in [5.74, 6) is 0.771. The molecule has 0 bridgehead atoms. The SMILES string of the molecule is CCCCC(CC)Cn1ccc2cc(CO)ccc21. The van der Waals surface area contributed by atoms with Crippen LogP contribution < -0.4 is 0 Å². The summed E-state index contributed by atoms with van der Waals surface area (Å²) in [5, 5.41) is 10.4. The van der Waals surface area contributed by atoms with Crippen LogP contribution in [0.2, 0.25) is 0 Å². The van der Waals surface area contributed by atoms with E-state index in [2.05, 4.69) is 42.8 Å². The van der Waals surface area contributed by atoms with Crippen molar-refractivity contribution in [3.8, 4) is 0 Å². The second-order valence-corrected chi connectivity index (χ2v) is 5.44. The minimum Gasteiger partial charge on any atom is -0.392 e. The van der Waals surface area contributed by atoms with Crippen molar-refractivity contribution < 1.29 is 5.11 Å². The second-order valence-electron chi connectivity index (χ2n) is 5.44. The summed E-state index contributed by atoms with van der Waals surface area (Å²) in [6.07, 6.45) is 7.35. The molecule has 19 heavy (non-hydrogen) atoms. The van der Waals surface area contributed by atoms with Crippen LogP contribution in [0, 0.1) is 5.92 Å². The van der Waals surface area contributed by atoms with E-state index in [4.69, 9.17) is 0 Å². The summed E-state index contributed by atoms with van der Waals surface area (Å²) < 4.78 is 2.36. The molecule has 0 fully saturated rings. The first-order chi connectivity index (χ1) is 9.28. The summed E-state index contributed by atoms with van der Waals surface area (Å²) >= 11 is 0. The monoisotopic (exact) mass is 259 g/mol. The van der Waals surface area contributed by atoms with Gasteiger partial charge in [0.15, 0.2) is 0 Å². The molecule has 2 nitrogen and oxygen atoms in total. The van der Waals surface area contributed by atoms with Crippen LogP contribution in [0.4, 0.5) is 0 Å². The molecule has 2 heteroatoms. The first-order valence-corrected chi connectivity index (χ1v) is 7.47. The highest BCUT2D eigenvalue weighted by Crippen LogP contribution is 2.22. The molecule has 2 aromatic rings. The third-order valence-electron chi connectivity index (χ3n) is 4.02. The lowest BCUT2D eigenvalue weighted by molar-refractivity contribution is 0.282. The number of aliphatic hydroxyl groups excluding tert-OH is 1. The predicted octanol–water partition coefficient (Wildman–Crippen LogP) is 4.35. The molecule has 1 aromatic heterocycles. The van der Waals surface area contributed by atoms with Gasteiger partial charge in [0.25, 0.3) is 0 Å². The molecule has 0 aliphatic heterocycles. The highest BCUT2D eigenvalue weighted by atomic mass is 16.3. The Bertz CT molecular complexity index is 515. The smallest absolute Gasteiger partial charge is 0.0682 e. The zero-order valence-electron chi connectivity index (χ0n) is 12.1. The number of fused-ring (bicyclic) bond motifs is 1. The molecule has 2 rings (SSSR count). The molecule has 1 unspecified atom stereocenters. The lowest BCUT2D eigenvalue weighted by Crippen LogP contribution is -2.09. The standard InChI is InChI=1S/C17H25NO/c1-3-5-6-14(4-2)12-18-10-9-16-11-15(13-19)7-8-17(16)18/h7-11,14,19H,3-6,12-13H2,1-2H3. The van der Waals surface area contributed by atoms with Crippen molar-refractivity contribution in [1.29, 1.82) is 0 Å². The Morgan fingerprint density at radius 1 is 1.21 bits per heavy atom. The minimum atomic E-state index is 0.120. The number of nitrogens with zero attached hydrogens (tertiary/aromatic N) is 1. The zero-order valence-corrected chi connectivity index (χ0v) is 12.1. The van der Waals surface area contributed by atoms with Crippen LogP contribution >= 0.6 is 0 Å². The van der Waals surface area contributed by atoms with Gasteiger partial charge >= 0.3 is 0 Å². The van der Waals surface area contributed by atoms with Crippen LogP contribution in [0.5, 0.6) is 0 Å². The van der Waals surface area contributed by atoms with Crippen LogP contribution in [0.15, 0.2) is 30.5 Å². The van der Waals surface area contributed by atoms with Crippen molar-refractivity contribution in [3.05, 3.63) is 36.0 Å². The topological polar surface area (TPSA) is 25.2 Å². The Kier molecular flexibility index (Phi) is 5.03. The highest BCUT2D eigenvalue weighted by molar-refractivity contribution is 5.80. The fourth-order valence-corrected chi connectivity index (χ4v) is 2.70. The van der Waals surface area contributed by atoms with Crippen LogP contribution in [0.3, 0.4) is 0 Å². The van der Waals surface area contributed by atoms with Crippen LogP contribution in [-0.4, -0.2) is 9.67 Å². The van der Waals surface area contributed by atoms with Crippen LogP contribution in [0.25, 0.3) is 10.9 Å². The van der Waals surface area contributed by atoms with E-state index in [1.807, 2.05) is 6.07 Å². The quantitative estimate of drug-likeness (QED) is 0.785. The lowest BCUT2D eigenvalue weighted by Gasteiger charge is -2.16. The van der Waals surface area contributed by atoms with E-state index in [9.17, 15) is 5.11 Å². The predicted molar refractivity (Wildman–Crippen MR) is 81.2 cm³/mol. The van der Waals surface area contributed by atoms with Crippen molar-refractivity contribution in [2.45, 2.75) is 52.7 Å². The van der Waals surface area contributed by atoms with Gasteiger partial charge in [-0.15, -0.1) is 0 Å². The maximum Gasteiger partial charge on any atom is 0.0682 e. The van der Waals surface area contributed by atoms with E-state index in [-0.39, 0.29) is 6.61 Å². The van der Waals surface area contributed by atoms with Gasteiger partial charge in [0, 0.05) is 18.3 Å². The number of aromatic nitrogens is 1. The molecule has 1 atom stereocenters. The third-order valence-corrected chi connectivity index (χ3v) is 4.02. The number of benzene rings is 1. The fourth-order valence-electron chi connectivity index (χ4n) is 2.70. The second kappa shape index (κ2) is 6.76. The lowest BCUT2D eigenvalue weighted by atomic mass is 9.99. The molecule has 0 radical (unpaired) electrons. The summed E-state index contributed by atoms with van der Waals surface area (Å²) in [6.45, 7) is 5.78. The Hall–Kier alpha value is -1.28. The van der Waals surface area contributed by atoms with Crippen molar-refractivity contribution in [2.75, 3.05) is 0 Å². The summed E-state index contributed by atoms with van der Waals surface area (Å²) in [6, 6.07) is 8.39. The first kappa shape index (κ1) is 14.1. The first-order valence-electron chi connectivity index (χ1n) is 7.47. The number of aliphatic hydroxyl groups is 1. The normalized spacial score (nSPS) is 13.0. The molecule has 0 amide bonds. The number of rotatable bonds is 7. The van der Waals surface area contributed by atoms with E-state index >= 15 is 0 Å². The van der Waals surface area contributed by atoms with E-state index in [0.717, 1.165) is 18.0 Å². The average Bonchev–Trinajstić information content (AvgIpc) is 2.85. The van der Waals surface area contributed by atoms with Crippen molar-refractivity contribution in [2.24, 2.45) is 5.92 Å². The Labute approximate surface area is 116 Å². The number of unbranched alkanes of at least 4 members (excludes halogenated alkanes) is 1. The zero-order chi connectivity index (χ0) is 13.7. The number of hydrogen-bond donors (Lipinski definition) is 1. The van der Waals surface area contributed by atoms with E-state index in [0.29, 0.717) is 0 Å². The van der Waals surface area contributed by atoms with Gasteiger partial charge < -0.3 is 9.67 Å². The highest BCUT2D eigenvalue weighted by Gasteiger charge is 2.09. The van der Waals surface area contributed by atoms with Gasteiger partial charge in [0.05, 0.1) is 6.61 Å². The molecule has 0 aliphatic carbocycles.